The molecule has 0 aliphatic heterocycles. The summed E-state index contributed by atoms with van der Waals surface area (Å²) in [7, 11) is 0. The van der Waals surface area contributed by atoms with Gasteiger partial charge in [-0.3, -0.25) is 0 Å². The van der Waals surface area contributed by atoms with Crippen molar-refractivity contribution in [1.82, 2.24) is 0 Å². The van der Waals surface area contributed by atoms with Crippen LogP contribution in [0.1, 0.15) is 12.8 Å². The first kappa shape index (κ1) is 15.7. The van der Waals surface area contributed by atoms with E-state index in [9.17, 15) is 0 Å². The molecule has 0 bridgehead atoms. The van der Waals surface area contributed by atoms with E-state index in [0.29, 0.717) is 0 Å². The molecule has 0 aromatic heterocycles. The molecule has 0 radical (unpaired) electrons. The Morgan fingerprint density at radius 3 is 1.32 bits per heavy atom. The van der Waals surface area contributed by atoms with Gasteiger partial charge in [-0.1, -0.05) is 0 Å². The Hall–Kier alpha value is 0.277. The molecular weight excluding hydrogens is 340 g/mol. The summed E-state index contributed by atoms with van der Waals surface area (Å²) in [5, 5.41) is -2.29. The molecule has 0 atom stereocenters. The fraction of sp³-hybridized carbons (Fsp3) is 0.500. The first-order valence-electron chi connectivity index (χ1n) is 7.43. The van der Waals surface area contributed by atoms with Crippen LogP contribution in [0.5, 0.6) is 0 Å². The second-order valence-corrected chi connectivity index (χ2v) is 57.7. The molecular formula is C16H28Si2Zr. The number of hydrogen-bond acceptors (Lipinski definition) is 0. The molecule has 3 heteroatoms. The third-order valence-corrected chi connectivity index (χ3v) is 83.2. The first-order valence-corrected chi connectivity index (χ1v) is 24.3. The molecule has 19 heavy (non-hydrogen) atoms. The van der Waals surface area contributed by atoms with Crippen LogP contribution < -0.4 is 0 Å². The van der Waals surface area contributed by atoms with Crippen LogP contribution in [-0.4, -0.2) is 10.4 Å². The molecule has 2 aliphatic rings. The monoisotopic (exact) mass is 366 g/mol. The van der Waals surface area contributed by atoms with E-state index < -0.39 is 29.0 Å². The number of rotatable bonds is 4. The van der Waals surface area contributed by atoms with E-state index in [1.54, 1.807) is 0 Å². The van der Waals surface area contributed by atoms with Crippen molar-refractivity contribution in [2.75, 3.05) is 0 Å². The second-order valence-electron chi connectivity index (χ2n) is 7.90. The average molecular weight is 368 g/mol. The van der Waals surface area contributed by atoms with Crippen LogP contribution in [0.15, 0.2) is 43.0 Å². The van der Waals surface area contributed by atoms with Gasteiger partial charge in [-0.2, -0.15) is 0 Å². The van der Waals surface area contributed by atoms with Crippen LogP contribution in [0.2, 0.25) is 39.3 Å². The van der Waals surface area contributed by atoms with Gasteiger partial charge in [0.2, 0.25) is 0 Å². The average Bonchev–Trinajstić information content (AvgIpc) is 2.85. The predicted molar refractivity (Wildman–Crippen MR) is 90.4 cm³/mol. The van der Waals surface area contributed by atoms with Crippen molar-refractivity contribution in [3.63, 3.8) is 0 Å². The molecule has 0 saturated heterocycles. The van der Waals surface area contributed by atoms with Crippen molar-refractivity contribution in [3.05, 3.63) is 43.0 Å². The Bertz CT molecular complexity index is 436. The van der Waals surface area contributed by atoms with Crippen molar-refractivity contribution >= 4 is 10.4 Å². The molecule has 0 spiro atoms. The first-order chi connectivity index (χ1) is 8.71. The molecule has 0 aromatic carbocycles. The fourth-order valence-corrected chi connectivity index (χ4v) is 105. The Labute approximate surface area is 123 Å². The van der Waals surface area contributed by atoms with Crippen molar-refractivity contribution in [3.8, 4) is 0 Å². The summed E-state index contributed by atoms with van der Waals surface area (Å²) in [5.41, 5.74) is 0. The fourth-order valence-electron chi connectivity index (χ4n) is 4.71. The van der Waals surface area contributed by atoms with Gasteiger partial charge in [-0.15, -0.1) is 0 Å². The number of hydrogen-bond donors (Lipinski definition) is 0. The molecule has 0 saturated carbocycles. The van der Waals surface area contributed by atoms with Crippen LogP contribution in [0.25, 0.3) is 0 Å². The summed E-state index contributed by atoms with van der Waals surface area (Å²) in [6.45, 7) is 16.0. The van der Waals surface area contributed by atoms with Crippen LogP contribution in [0.3, 0.4) is 0 Å². The van der Waals surface area contributed by atoms with Crippen molar-refractivity contribution in [2.45, 2.75) is 52.1 Å². The predicted octanol–water partition coefficient (Wildman–Crippen LogP) is 5.50. The molecule has 0 heterocycles. The zero-order valence-electron chi connectivity index (χ0n) is 13.4. The van der Waals surface area contributed by atoms with E-state index in [-0.39, 0.29) is 0 Å². The quantitative estimate of drug-likeness (QED) is 0.576. The zero-order valence-corrected chi connectivity index (χ0v) is 17.8. The summed E-state index contributed by atoms with van der Waals surface area (Å²) < 4.78 is 3.84. The minimum atomic E-state index is -2.41. The molecule has 2 rings (SSSR count). The second kappa shape index (κ2) is 5.24. The van der Waals surface area contributed by atoms with Crippen LogP contribution in [0, 0.1) is 0 Å². The summed E-state index contributed by atoms with van der Waals surface area (Å²) in [4.78, 5) is 0. The van der Waals surface area contributed by atoms with Crippen molar-refractivity contribution in [2.24, 2.45) is 0 Å². The summed E-state index contributed by atoms with van der Waals surface area (Å²) >= 11 is -2.41. The van der Waals surface area contributed by atoms with E-state index in [1.165, 1.54) is 12.8 Å². The topological polar surface area (TPSA) is 0 Å². The molecule has 0 nitrogen and oxygen atoms in total. The normalized spacial score (nSPS) is 19.9. The van der Waals surface area contributed by atoms with Crippen LogP contribution in [0.4, 0.5) is 0 Å². The van der Waals surface area contributed by atoms with E-state index in [2.05, 4.69) is 75.7 Å². The van der Waals surface area contributed by atoms with Gasteiger partial charge in [0.15, 0.2) is 0 Å². The maximum atomic E-state index is 2.67. The Morgan fingerprint density at radius 2 is 1.11 bits per heavy atom. The molecule has 2 aliphatic carbocycles. The molecule has 104 valence electrons. The Kier molecular flexibility index (Phi) is 4.32. The van der Waals surface area contributed by atoms with E-state index in [4.69, 9.17) is 0 Å². The summed E-state index contributed by atoms with van der Waals surface area (Å²) in [5.74, 6) is 0. The Balaban J connectivity index is 2.65. The van der Waals surface area contributed by atoms with Gasteiger partial charge >= 0.3 is 124 Å². The van der Waals surface area contributed by atoms with Gasteiger partial charge in [-0.25, -0.2) is 0 Å². The van der Waals surface area contributed by atoms with Gasteiger partial charge in [-0.05, 0) is 0 Å². The third kappa shape index (κ3) is 2.47. The standard InChI is InChI=1S/2C5H5.2C3H9Si.Zr/c2*1-2-4-5-3-1;2*1-4(2)3;/h2*1-3H,4H2;2*1-3H3;. The zero-order chi connectivity index (χ0) is 14.3. The molecule has 0 fully saturated rings. The maximum absolute atomic E-state index is 2.67. The van der Waals surface area contributed by atoms with Crippen molar-refractivity contribution in [1.29, 1.82) is 0 Å². The molecule has 0 amide bonds. The SMILES string of the molecule is C[Si](C)(C)[Zr]([C]1=CC=CC1)([C]1=CC=CC1)[Si](C)(C)C. The van der Waals surface area contributed by atoms with E-state index in [1.807, 2.05) is 6.56 Å². The molecule has 0 N–H and O–H groups in total. The van der Waals surface area contributed by atoms with Gasteiger partial charge in [0.25, 0.3) is 0 Å². The Morgan fingerprint density at radius 1 is 0.737 bits per heavy atom. The number of allylic oxidation sites excluding steroid dienone is 8. The van der Waals surface area contributed by atoms with Gasteiger partial charge in [0.05, 0.1) is 0 Å². The van der Waals surface area contributed by atoms with Gasteiger partial charge in [0, 0.05) is 0 Å². The molecule has 0 unspecified atom stereocenters. The van der Waals surface area contributed by atoms with Gasteiger partial charge in [0.1, 0.15) is 0 Å². The molecule has 0 aromatic rings. The van der Waals surface area contributed by atoms with E-state index in [0.717, 1.165) is 0 Å². The summed E-state index contributed by atoms with van der Waals surface area (Å²) in [6, 6.07) is 0. The van der Waals surface area contributed by atoms with Crippen molar-refractivity contribution < 1.29 is 18.6 Å². The van der Waals surface area contributed by atoms with Crippen LogP contribution in [-0.2, 0) is 18.6 Å². The minimum absolute atomic E-state index is 1.15. The van der Waals surface area contributed by atoms with E-state index >= 15 is 0 Å². The van der Waals surface area contributed by atoms with Gasteiger partial charge < -0.3 is 0 Å². The van der Waals surface area contributed by atoms with Crippen LogP contribution >= 0.6 is 0 Å². The summed E-state index contributed by atoms with van der Waals surface area (Å²) in [6.07, 6.45) is 17.0. The third-order valence-electron chi connectivity index (χ3n) is 4.76.